The summed E-state index contributed by atoms with van der Waals surface area (Å²) in [5, 5.41) is 24.7. The van der Waals surface area contributed by atoms with Crippen LogP contribution in [0.4, 0.5) is 32.8 Å². The molecular weight excluding hydrogens is 697 g/mol. The van der Waals surface area contributed by atoms with Crippen molar-refractivity contribution in [1.29, 1.82) is 10.5 Å². The minimum atomic E-state index is 0.610. The highest BCUT2D eigenvalue weighted by Crippen LogP contribution is 2.42. The molecule has 6 aromatic carbocycles. The van der Waals surface area contributed by atoms with Crippen molar-refractivity contribution in [2.75, 3.05) is 9.80 Å². The van der Waals surface area contributed by atoms with Crippen LogP contribution in [0.25, 0.3) is 34.1 Å². The minimum Gasteiger partial charge on any atom is -0.302 e. The van der Waals surface area contributed by atoms with Gasteiger partial charge in [0, 0.05) is 32.5 Å². The highest BCUT2D eigenvalue weighted by atomic mass is 32.1. The molecule has 6 heteroatoms. The Morgan fingerprint density at radius 1 is 0.407 bits per heavy atom. The molecule has 0 fully saturated rings. The van der Waals surface area contributed by atoms with E-state index in [4.69, 9.17) is 0 Å². The van der Waals surface area contributed by atoms with E-state index in [1.165, 1.54) is 0 Å². The molecule has 0 aliphatic carbocycles. The van der Waals surface area contributed by atoms with Crippen LogP contribution in [0.15, 0.2) is 182 Å². The van der Waals surface area contributed by atoms with Gasteiger partial charge in [-0.05, 0) is 119 Å². The van der Waals surface area contributed by atoms with Crippen LogP contribution in [-0.4, -0.2) is 0 Å². The fraction of sp³-hybridized carbons (Fsp3) is 0. The maximum atomic E-state index is 10.3. The van der Waals surface area contributed by atoms with Gasteiger partial charge in [0.15, 0.2) is 0 Å². The molecule has 4 nitrogen and oxygen atoms in total. The molecule has 2 aromatic heterocycles. The Morgan fingerprint density at radius 2 is 0.741 bits per heavy atom. The second kappa shape index (κ2) is 15.7. The minimum absolute atomic E-state index is 0.610. The van der Waals surface area contributed by atoms with Gasteiger partial charge in [-0.15, -0.1) is 22.7 Å². The van der Waals surface area contributed by atoms with Crippen LogP contribution in [0.5, 0.6) is 0 Å². The monoisotopic (exact) mass is 728 g/mol. The Morgan fingerprint density at radius 3 is 1.06 bits per heavy atom. The van der Waals surface area contributed by atoms with E-state index in [0.717, 1.165) is 64.4 Å². The van der Waals surface area contributed by atoms with Crippen molar-refractivity contribution in [2.45, 2.75) is 0 Å². The normalized spacial score (nSPS) is 11.5. The van der Waals surface area contributed by atoms with Gasteiger partial charge >= 0.3 is 0 Å². The van der Waals surface area contributed by atoms with E-state index < -0.39 is 0 Å². The van der Waals surface area contributed by atoms with E-state index in [-0.39, 0.29) is 0 Å². The number of nitrogens with zero attached hydrogens (tertiary/aromatic N) is 4. The highest BCUT2D eigenvalue weighted by molar-refractivity contribution is 7.17. The maximum absolute atomic E-state index is 10.3. The van der Waals surface area contributed by atoms with Gasteiger partial charge in [0.05, 0.1) is 11.1 Å². The summed E-state index contributed by atoms with van der Waals surface area (Å²) < 4.78 is 0. The molecule has 8 rings (SSSR count). The lowest BCUT2D eigenvalue weighted by atomic mass is 10.0. The predicted octanol–water partition coefficient (Wildman–Crippen LogP) is 14.0. The molecule has 0 aliphatic rings. The predicted molar refractivity (Wildman–Crippen MR) is 229 cm³/mol. The molecule has 0 N–H and O–H groups in total. The number of rotatable bonds is 10. The summed E-state index contributed by atoms with van der Waals surface area (Å²) in [7, 11) is 0. The first-order chi connectivity index (χ1) is 26.7. The molecule has 0 saturated carbocycles. The van der Waals surface area contributed by atoms with Crippen molar-refractivity contribution in [1.82, 2.24) is 0 Å². The summed E-state index contributed by atoms with van der Waals surface area (Å²) in [6, 6.07) is 66.6. The summed E-state index contributed by atoms with van der Waals surface area (Å²) in [6.45, 7) is 0. The molecule has 2 heterocycles. The van der Waals surface area contributed by atoms with Gasteiger partial charge in [-0.3, -0.25) is 0 Å². The van der Waals surface area contributed by atoms with Gasteiger partial charge in [-0.2, -0.15) is 10.5 Å². The third kappa shape index (κ3) is 7.35. The zero-order valence-corrected chi connectivity index (χ0v) is 30.7. The SMILES string of the molecule is N#CC(=Cc1ccc2cc(C=C(C#N)c3ccc(N(c4ccccc4)c4ccccc4)s3)ccc2c1)c1ccc(N(c2ccccc2)c2ccccc2)s1. The number of hydrogen-bond donors (Lipinski definition) is 0. The number of allylic oxidation sites excluding steroid dienone is 2. The van der Waals surface area contributed by atoms with E-state index >= 15 is 0 Å². The number of thiophene rings is 2. The van der Waals surface area contributed by atoms with Crippen molar-refractivity contribution < 1.29 is 0 Å². The fourth-order valence-corrected chi connectivity index (χ4v) is 8.44. The Kier molecular flexibility index (Phi) is 9.95. The van der Waals surface area contributed by atoms with Gasteiger partial charge in [0.1, 0.15) is 22.1 Å². The number of fused-ring (bicyclic) bond motifs is 1. The van der Waals surface area contributed by atoms with E-state index in [9.17, 15) is 10.5 Å². The molecule has 256 valence electrons. The first-order valence-electron chi connectivity index (χ1n) is 17.5. The summed E-state index contributed by atoms with van der Waals surface area (Å²) >= 11 is 3.19. The molecule has 0 atom stereocenters. The first-order valence-corrected chi connectivity index (χ1v) is 19.1. The lowest BCUT2D eigenvalue weighted by molar-refractivity contribution is 1.32. The Hall–Kier alpha value is -6.96. The van der Waals surface area contributed by atoms with Gasteiger partial charge < -0.3 is 9.80 Å². The quantitative estimate of drug-likeness (QED) is 0.132. The van der Waals surface area contributed by atoms with Crippen molar-refractivity contribution in [3.05, 3.63) is 203 Å². The fourth-order valence-electron chi connectivity index (χ4n) is 6.41. The Balaban J connectivity index is 1.05. The number of benzene rings is 6. The summed E-state index contributed by atoms with van der Waals surface area (Å²) in [6.07, 6.45) is 3.91. The van der Waals surface area contributed by atoms with Crippen LogP contribution in [-0.2, 0) is 0 Å². The highest BCUT2D eigenvalue weighted by Gasteiger charge is 2.17. The molecule has 0 unspecified atom stereocenters. The summed E-state index contributed by atoms with van der Waals surface area (Å²) in [5.41, 5.74) is 7.35. The van der Waals surface area contributed by atoms with Crippen LogP contribution in [0.3, 0.4) is 0 Å². The number of nitriles is 2. The van der Waals surface area contributed by atoms with Crippen LogP contribution >= 0.6 is 22.7 Å². The largest absolute Gasteiger partial charge is 0.302 e. The van der Waals surface area contributed by atoms with Gasteiger partial charge in [0.25, 0.3) is 0 Å². The van der Waals surface area contributed by atoms with E-state index in [0.29, 0.717) is 11.1 Å². The molecule has 0 spiro atoms. The summed E-state index contributed by atoms with van der Waals surface area (Å²) in [5.74, 6) is 0. The molecule has 0 radical (unpaired) electrons. The number of para-hydroxylation sites is 4. The topological polar surface area (TPSA) is 54.1 Å². The van der Waals surface area contributed by atoms with E-state index in [1.807, 2.05) is 109 Å². The average molecular weight is 729 g/mol. The second-order valence-electron chi connectivity index (χ2n) is 12.5. The zero-order chi connectivity index (χ0) is 36.7. The molecular formula is C48H32N4S2. The van der Waals surface area contributed by atoms with E-state index in [1.54, 1.807) is 22.7 Å². The third-order valence-corrected chi connectivity index (χ3v) is 11.2. The molecule has 0 aliphatic heterocycles. The smallest absolute Gasteiger partial charge is 0.101 e. The van der Waals surface area contributed by atoms with Crippen molar-refractivity contribution in [3.8, 4) is 12.1 Å². The van der Waals surface area contributed by atoms with Crippen molar-refractivity contribution in [3.63, 3.8) is 0 Å². The Labute approximate surface area is 323 Å². The standard InChI is InChI=1S/C48H32N4S2/c49-33-39(45-25-27-47(53-45)51(41-13-5-1-6-14-41)42-15-7-2-8-16-42)31-35-21-23-38-30-36(22-24-37(38)29-35)32-40(34-50)46-26-28-48(54-46)52(43-17-9-3-10-18-43)44-19-11-4-12-20-44/h1-32H. The first kappa shape index (κ1) is 34.1. The van der Waals surface area contributed by atoms with Crippen LogP contribution in [0.2, 0.25) is 0 Å². The zero-order valence-electron chi connectivity index (χ0n) is 29.1. The molecule has 0 bridgehead atoms. The number of hydrogen-bond acceptors (Lipinski definition) is 6. The molecule has 54 heavy (non-hydrogen) atoms. The second-order valence-corrected chi connectivity index (χ2v) is 14.6. The number of anilines is 6. The van der Waals surface area contributed by atoms with Gasteiger partial charge in [-0.25, -0.2) is 0 Å². The van der Waals surface area contributed by atoms with E-state index in [2.05, 4.69) is 107 Å². The Bertz CT molecular complexity index is 2410. The molecule has 0 saturated heterocycles. The third-order valence-electron chi connectivity index (χ3n) is 8.96. The van der Waals surface area contributed by atoms with Crippen LogP contribution in [0.1, 0.15) is 20.9 Å². The van der Waals surface area contributed by atoms with Crippen LogP contribution in [0, 0.1) is 22.7 Å². The van der Waals surface area contributed by atoms with Crippen molar-refractivity contribution in [2.24, 2.45) is 0 Å². The van der Waals surface area contributed by atoms with Crippen molar-refractivity contribution >= 4 is 89.5 Å². The average Bonchev–Trinajstić information content (AvgIpc) is 3.92. The molecule has 8 aromatic rings. The maximum Gasteiger partial charge on any atom is 0.101 e. The summed E-state index contributed by atoms with van der Waals surface area (Å²) in [4.78, 5) is 6.23. The molecule has 0 amide bonds. The van der Waals surface area contributed by atoms with Crippen LogP contribution < -0.4 is 9.80 Å². The van der Waals surface area contributed by atoms with Gasteiger partial charge in [-0.1, -0.05) is 97.1 Å². The van der Waals surface area contributed by atoms with Gasteiger partial charge in [0.2, 0.25) is 0 Å². The lowest BCUT2D eigenvalue weighted by Gasteiger charge is -2.23. The lowest BCUT2D eigenvalue weighted by Crippen LogP contribution is -2.07.